The average Bonchev–Trinajstić information content (AvgIpc) is 3.09. The molecule has 0 saturated carbocycles. The summed E-state index contributed by atoms with van der Waals surface area (Å²) in [5, 5.41) is 23.4. The fourth-order valence-corrected chi connectivity index (χ4v) is 2.65. The minimum atomic E-state index is -1.80. The number of rotatable bonds is 4. The molecule has 1 aliphatic rings. The number of hydrogen-bond donors (Lipinski definition) is 4. The number of aromatic amines is 1. The maximum Gasteiger partial charge on any atom is 0.280 e. The zero-order valence-corrected chi connectivity index (χ0v) is 12.4. The van der Waals surface area contributed by atoms with Crippen LogP contribution in [0.1, 0.15) is 6.23 Å². The Morgan fingerprint density at radius 1 is 1.71 bits per heavy atom. The van der Waals surface area contributed by atoms with Gasteiger partial charge >= 0.3 is 0 Å². The van der Waals surface area contributed by atoms with Crippen LogP contribution in [-0.4, -0.2) is 61.4 Å². The SMILES string of the molecule is CO[C@]1(CO)O[C@@H](n2cnc3c(=O)[nH]c(N)nc32)C(N=[N+]=[N-])[C@@H]1O. The van der Waals surface area contributed by atoms with Gasteiger partial charge in [-0.15, -0.1) is 0 Å². The van der Waals surface area contributed by atoms with Crippen LogP contribution in [0.5, 0.6) is 0 Å². The number of aliphatic hydroxyl groups is 2. The number of nitrogens with two attached hydrogens (primary N) is 1. The van der Waals surface area contributed by atoms with Gasteiger partial charge in [-0.3, -0.25) is 14.3 Å². The normalized spacial score (nSPS) is 29.7. The van der Waals surface area contributed by atoms with Crippen molar-refractivity contribution in [3.63, 3.8) is 0 Å². The number of fused-ring (bicyclic) bond motifs is 1. The molecule has 13 heteroatoms. The molecular formula is C11H14N8O5. The van der Waals surface area contributed by atoms with Gasteiger partial charge in [0.2, 0.25) is 11.7 Å². The molecule has 0 bridgehead atoms. The summed E-state index contributed by atoms with van der Waals surface area (Å²) in [4.78, 5) is 24.7. The summed E-state index contributed by atoms with van der Waals surface area (Å²) < 4.78 is 11.9. The van der Waals surface area contributed by atoms with E-state index < -0.39 is 36.3 Å². The van der Waals surface area contributed by atoms with Gasteiger partial charge < -0.3 is 25.4 Å². The number of methoxy groups -OCH3 is 1. The molecule has 1 aliphatic heterocycles. The number of anilines is 1. The summed E-state index contributed by atoms with van der Waals surface area (Å²) in [5.41, 5.74) is 13.8. The fraction of sp³-hybridized carbons (Fsp3) is 0.545. The zero-order valence-electron chi connectivity index (χ0n) is 12.4. The second-order valence-electron chi connectivity index (χ2n) is 5.10. The monoisotopic (exact) mass is 338 g/mol. The molecule has 0 aromatic carbocycles. The van der Waals surface area contributed by atoms with E-state index >= 15 is 0 Å². The van der Waals surface area contributed by atoms with Crippen molar-refractivity contribution < 1.29 is 19.7 Å². The van der Waals surface area contributed by atoms with Gasteiger partial charge in [-0.05, 0) is 5.53 Å². The molecule has 1 fully saturated rings. The van der Waals surface area contributed by atoms with Gasteiger partial charge in [0.15, 0.2) is 17.4 Å². The first kappa shape index (κ1) is 16.2. The number of nitrogen functional groups attached to an aromatic ring is 1. The number of aromatic nitrogens is 4. The third-order valence-electron chi connectivity index (χ3n) is 3.86. The molecule has 0 spiro atoms. The summed E-state index contributed by atoms with van der Waals surface area (Å²) in [6.45, 7) is -0.693. The lowest BCUT2D eigenvalue weighted by Gasteiger charge is -2.28. The molecule has 1 unspecified atom stereocenters. The van der Waals surface area contributed by atoms with Crippen molar-refractivity contribution in [2.45, 2.75) is 24.2 Å². The van der Waals surface area contributed by atoms with Crippen LogP contribution in [0.3, 0.4) is 0 Å². The number of aliphatic hydroxyl groups excluding tert-OH is 2. The third-order valence-corrected chi connectivity index (χ3v) is 3.86. The lowest BCUT2D eigenvalue weighted by Crippen LogP contribution is -2.47. The van der Waals surface area contributed by atoms with E-state index in [0.717, 1.165) is 0 Å². The molecule has 0 aliphatic carbocycles. The van der Waals surface area contributed by atoms with Crippen molar-refractivity contribution in [3.05, 3.63) is 27.1 Å². The maximum atomic E-state index is 11.9. The molecule has 5 N–H and O–H groups in total. The van der Waals surface area contributed by atoms with Gasteiger partial charge in [0, 0.05) is 12.0 Å². The van der Waals surface area contributed by atoms with Gasteiger partial charge in [-0.2, -0.15) is 4.98 Å². The number of nitrogens with zero attached hydrogens (tertiary/aromatic N) is 6. The quantitative estimate of drug-likeness (QED) is 0.296. The Morgan fingerprint density at radius 2 is 2.46 bits per heavy atom. The van der Waals surface area contributed by atoms with Crippen LogP contribution < -0.4 is 11.3 Å². The van der Waals surface area contributed by atoms with Crippen LogP contribution in [0.4, 0.5) is 5.95 Å². The Morgan fingerprint density at radius 3 is 3.08 bits per heavy atom. The number of nitrogens with one attached hydrogen (secondary N) is 1. The summed E-state index contributed by atoms with van der Waals surface area (Å²) in [6, 6.07) is -1.16. The van der Waals surface area contributed by atoms with Crippen molar-refractivity contribution in [3.8, 4) is 0 Å². The third kappa shape index (κ3) is 2.19. The van der Waals surface area contributed by atoms with Crippen LogP contribution in [0.15, 0.2) is 16.2 Å². The molecule has 3 rings (SSSR count). The van der Waals surface area contributed by atoms with Gasteiger partial charge in [0.25, 0.3) is 5.56 Å². The zero-order chi connectivity index (χ0) is 17.5. The second kappa shape index (κ2) is 5.74. The van der Waals surface area contributed by atoms with Crippen LogP contribution in [0.25, 0.3) is 21.6 Å². The predicted octanol–water partition coefficient (Wildman–Crippen LogP) is -1.39. The van der Waals surface area contributed by atoms with Crippen molar-refractivity contribution >= 4 is 17.1 Å². The van der Waals surface area contributed by atoms with Crippen molar-refractivity contribution in [1.82, 2.24) is 19.5 Å². The largest absolute Gasteiger partial charge is 0.391 e. The first-order chi connectivity index (χ1) is 11.5. The van der Waals surface area contributed by atoms with Crippen LogP contribution >= 0.6 is 0 Å². The van der Waals surface area contributed by atoms with Gasteiger partial charge in [0.05, 0.1) is 12.9 Å². The highest BCUT2D eigenvalue weighted by molar-refractivity contribution is 5.70. The maximum absolute atomic E-state index is 11.9. The number of imidazole rings is 1. The second-order valence-corrected chi connectivity index (χ2v) is 5.10. The summed E-state index contributed by atoms with van der Waals surface area (Å²) >= 11 is 0. The predicted molar refractivity (Wildman–Crippen MR) is 78.4 cm³/mol. The molecular weight excluding hydrogens is 324 g/mol. The molecule has 13 nitrogen and oxygen atoms in total. The Hall–Kier alpha value is -2.70. The Bertz CT molecular complexity index is 867. The minimum Gasteiger partial charge on any atom is -0.391 e. The summed E-state index contributed by atoms with van der Waals surface area (Å²) in [6.07, 6.45) is -1.36. The first-order valence-corrected chi connectivity index (χ1v) is 6.76. The lowest BCUT2D eigenvalue weighted by molar-refractivity contribution is -0.269. The molecule has 2 aromatic heterocycles. The van der Waals surface area contributed by atoms with E-state index in [4.69, 9.17) is 20.7 Å². The average molecular weight is 338 g/mol. The number of azide groups is 1. The van der Waals surface area contributed by atoms with Crippen molar-refractivity contribution in [2.75, 3.05) is 19.5 Å². The van der Waals surface area contributed by atoms with E-state index in [2.05, 4.69) is 25.0 Å². The van der Waals surface area contributed by atoms with E-state index in [1.807, 2.05) is 0 Å². The van der Waals surface area contributed by atoms with Crippen LogP contribution in [0.2, 0.25) is 0 Å². The van der Waals surface area contributed by atoms with Gasteiger partial charge in [-0.25, -0.2) is 4.98 Å². The smallest absolute Gasteiger partial charge is 0.280 e. The standard InChI is InChI=1S/C11H14N8O5/c1-23-11(2-20)6(21)4(17-18-13)9(24-11)19-3-14-5-7(19)15-10(12)16-8(5)22/h3-4,6,9,20-21H,2H2,1H3,(H3,12,15,16,22)/t4?,6-,9+,11+/m0/s1. The van der Waals surface area contributed by atoms with Crippen LogP contribution in [-0.2, 0) is 9.47 Å². The molecule has 3 heterocycles. The topological polar surface area (TPSA) is 197 Å². The summed E-state index contributed by atoms with van der Waals surface area (Å²) in [5.74, 6) is -1.94. The van der Waals surface area contributed by atoms with E-state index in [9.17, 15) is 15.0 Å². The number of H-pyrrole nitrogens is 1. The Kier molecular flexibility index (Phi) is 3.87. The van der Waals surface area contributed by atoms with Crippen LogP contribution in [0, 0.1) is 0 Å². The molecule has 0 radical (unpaired) electrons. The first-order valence-electron chi connectivity index (χ1n) is 6.76. The van der Waals surface area contributed by atoms with Gasteiger partial charge in [-0.1, -0.05) is 5.11 Å². The highest BCUT2D eigenvalue weighted by Gasteiger charge is 2.56. The molecule has 1 saturated heterocycles. The van der Waals surface area contributed by atoms with E-state index in [1.165, 1.54) is 18.0 Å². The minimum absolute atomic E-state index is 0.0131. The number of hydrogen-bond acceptors (Lipinski definition) is 9. The molecule has 24 heavy (non-hydrogen) atoms. The summed E-state index contributed by atoms with van der Waals surface area (Å²) in [7, 11) is 1.22. The highest BCUT2D eigenvalue weighted by atomic mass is 16.7. The van der Waals surface area contributed by atoms with E-state index in [-0.39, 0.29) is 17.1 Å². The Labute approximate surface area is 133 Å². The van der Waals surface area contributed by atoms with E-state index in [0.29, 0.717) is 0 Å². The molecule has 4 atom stereocenters. The Balaban J connectivity index is 2.17. The number of ether oxygens (including phenoxy) is 2. The van der Waals surface area contributed by atoms with E-state index in [1.54, 1.807) is 0 Å². The highest BCUT2D eigenvalue weighted by Crippen LogP contribution is 2.40. The molecule has 2 aromatic rings. The molecule has 128 valence electrons. The van der Waals surface area contributed by atoms with Crippen molar-refractivity contribution in [2.24, 2.45) is 5.11 Å². The van der Waals surface area contributed by atoms with Crippen molar-refractivity contribution in [1.29, 1.82) is 0 Å². The molecule has 0 amide bonds. The lowest BCUT2D eigenvalue weighted by atomic mass is 10.1. The fourth-order valence-electron chi connectivity index (χ4n) is 2.65. The van der Waals surface area contributed by atoms with Gasteiger partial charge in [0.1, 0.15) is 12.1 Å².